The van der Waals surface area contributed by atoms with Crippen LogP contribution in [-0.4, -0.2) is 36.7 Å². The molecule has 3 rings (SSSR count). The fraction of sp³-hybridized carbons (Fsp3) is 0.353. The number of nitrogens with zero attached hydrogens (tertiary/aromatic N) is 4. The first kappa shape index (κ1) is 19.0. The van der Waals surface area contributed by atoms with Crippen molar-refractivity contribution < 1.29 is 17.6 Å². The Hall–Kier alpha value is -2.77. The molecule has 0 spiro atoms. The first-order valence-corrected chi connectivity index (χ1v) is 9.76. The molecule has 1 aliphatic heterocycles. The van der Waals surface area contributed by atoms with Crippen molar-refractivity contribution >= 4 is 21.7 Å². The van der Waals surface area contributed by atoms with E-state index in [1.807, 2.05) is 0 Å². The standard InChI is InChI=1S/C17H18FN5O3S/c1-11-9-16(22(2)20-11)23-8-4-6-14(17(23)24)21-27(25,26)15-7-3-5-13(18)12(15)10-19/h3,5,7,9,14,21H,4,6,8H2,1-2H3/t14-/m1/s1. The molecule has 0 saturated carbocycles. The van der Waals surface area contributed by atoms with Gasteiger partial charge in [0.15, 0.2) is 0 Å². The highest BCUT2D eigenvalue weighted by atomic mass is 32.2. The van der Waals surface area contributed by atoms with Gasteiger partial charge in [-0.25, -0.2) is 12.8 Å². The van der Waals surface area contributed by atoms with Gasteiger partial charge in [-0.05, 0) is 31.9 Å². The molecule has 142 valence electrons. The van der Waals surface area contributed by atoms with E-state index < -0.39 is 38.2 Å². The lowest BCUT2D eigenvalue weighted by atomic mass is 10.1. The van der Waals surface area contributed by atoms with Crippen molar-refractivity contribution in [2.75, 3.05) is 11.4 Å². The summed E-state index contributed by atoms with van der Waals surface area (Å²) >= 11 is 0. The second kappa shape index (κ2) is 7.09. The molecule has 1 aromatic heterocycles. The van der Waals surface area contributed by atoms with Crippen LogP contribution in [-0.2, 0) is 21.9 Å². The molecule has 1 aromatic carbocycles. The average molecular weight is 391 g/mol. The molecule has 1 aliphatic rings. The molecule has 1 amide bonds. The number of halogens is 1. The van der Waals surface area contributed by atoms with E-state index in [0.29, 0.717) is 25.2 Å². The van der Waals surface area contributed by atoms with Crippen LogP contribution in [0.2, 0.25) is 0 Å². The van der Waals surface area contributed by atoms with E-state index in [1.165, 1.54) is 11.0 Å². The van der Waals surface area contributed by atoms with Crippen LogP contribution in [0.1, 0.15) is 24.1 Å². The lowest BCUT2D eigenvalue weighted by Gasteiger charge is -2.32. The zero-order valence-corrected chi connectivity index (χ0v) is 15.6. The molecule has 0 unspecified atom stereocenters. The average Bonchev–Trinajstić information content (AvgIpc) is 2.94. The number of hydrogen-bond acceptors (Lipinski definition) is 5. The van der Waals surface area contributed by atoms with Crippen LogP contribution in [0.5, 0.6) is 0 Å². The van der Waals surface area contributed by atoms with E-state index in [2.05, 4.69) is 9.82 Å². The van der Waals surface area contributed by atoms with E-state index in [0.717, 1.165) is 17.8 Å². The summed E-state index contributed by atoms with van der Waals surface area (Å²) in [4.78, 5) is 13.8. The molecule has 1 N–H and O–H groups in total. The highest BCUT2D eigenvalue weighted by Crippen LogP contribution is 2.24. The fourth-order valence-corrected chi connectivity index (χ4v) is 4.54. The summed E-state index contributed by atoms with van der Waals surface area (Å²) in [5, 5.41) is 13.3. The molecule has 1 fully saturated rings. The van der Waals surface area contributed by atoms with Crippen molar-refractivity contribution in [1.82, 2.24) is 14.5 Å². The first-order chi connectivity index (χ1) is 12.7. The summed E-state index contributed by atoms with van der Waals surface area (Å²) in [6.07, 6.45) is 0.889. The van der Waals surface area contributed by atoms with Gasteiger partial charge in [-0.1, -0.05) is 6.07 Å². The number of aromatic nitrogens is 2. The lowest BCUT2D eigenvalue weighted by molar-refractivity contribution is -0.121. The van der Waals surface area contributed by atoms with Crippen LogP contribution in [0, 0.1) is 24.1 Å². The highest BCUT2D eigenvalue weighted by Gasteiger charge is 2.35. The number of sulfonamides is 1. The Labute approximate surface area is 156 Å². The number of amides is 1. The number of anilines is 1. The van der Waals surface area contributed by atoms with Crippen molar-refractivity contribution in [2.45, 2.75) is 30.7 Å². The van der Waals surface area contributed by atoms with Crippen LogP contribution in [0.3, 0.4) is 0 Å². The monoisotopic (exact) mass is 391 g/mol. The summed E-state index contributed by atoms with van der Waals surface area (Å²) in [5.74, 6) is -0.769. The van der Waals surface area contributed by atoms with E-state index in [4.69, 9.17) is 5.26 Å². The lowest BCUT2D eigenvalue weighted by Crippen LogP contribution is -2.52. The number of rotatable bonds is 4. The molecule has 0 aliphatic carbocycles. The second-order valence-corrected chi connectivity index (χ2v) is 7.98. The molecular weight excluding hydrogens is 373 g/mol. The topological polar surface area (TPSA) is 108 Å². The van der Waals surface area contributed by atoms with Crippen molar-refractivity contribution in [3.8, 4) is 6.07 Å². The predicted octanol–water partition coefficient (Wildman–Crippen LogP) is 1.21. The van der Waals surface area contributed by atoms with Gasteiger partial charge in [-0.15, -0.1) is 0 Å². The van der Waals surface area contributed by atoms with Crippen LogP contribution in [0.15, 0.2) is 29.2 Å². The molecule has 1 saturated heterocycles. The Morgan fingerprint density at radius 3 is 2.78 bits per heavy atom. The summed E-state index contributed by atoms with van der Waals surface area (Å²) in [7, 11) is -2.55. The summed E-state index contributed by atoms with van der Waals surface area (Å²) in [6, 6.07) is 5.66. The predicted molar refractivity (Wildman–Crippen MR) is 94.8 cm³/mol. The number of hydrogen-bond donors (Lipinski definition) is 1. The Bertz CT molecular complexity index is 1040. The summed E-state index contributed by atoms with van der Waals surface area (Å²) in [5.41, 5.74) is 0.161. The summed E-state index contributed by atoms with van der Waals surface area (Å²) < 4.78 is 43.0. The second-order valence-electron chi connectivity index (χ2n) is 6.30. The Balaban J connectivity index is 1.89. The third kappa shape index (κ3) is 3.56. The number of carbonyl (C=O) groups is 1. The number of carbonyl (C=O) groups excluding carboxylic acids is 1. The maximum absolute atomic E-state index is 13.8. The van der Waals surface area contributed by atoms with Crippen LogP contribution < -0.4 is 9.62 Å². The third-order valence-corrected chi connectivity index (χ3v) is 5.88. The summed E-state index contributed by atoms with van der Waals surface area (Å²) in [6.45, 7) is 2.24. The molecule has 8 nitrogen and oxygen atoms in total. The normalized spacial score (nSPS) is 17.8. The van der Waals surface area contributed by atoms with Crippen LogP contribution in [0.4, 0.5) is 10.2 Å². The number of nitriles is 1. The molecule has 2 aromatic rings. The van der Waals surface area contributed by atoms with Crippen molar-refractivity contribution in [2.24, 2.45) is 7.05 Å². The van der Waals surface area contributed by atoms with Gasteiger partial charge in [-0.2, -0.15) is 15.1 Å². The number of nitrogens with one attached hydrogen (secondary N) is 1. The molecule has 0 bridgehead atoms. The van der Waals surface area contributed by atoms with E-state index in [9.17, 15) is 17.6 Å². The number of aryl methyl sites for hydroxylation is 2. The molecule has 2 heterocycles. The minimum Gasteiger partial charge on any atom is -0.296 e. The van der Waals surface area contributed by atoms with Gasteiger partial charge in [0.25, 0.3) is 0 Å². The SMILES string of the molecule is Cc1cc(N2CCC[C@@H](NS(=O)(=O)c3cccc(F)c3C#N)C2=O)n(C)n1. The van der Waals surface area contributed by atoms with Crippen molar-refractivity contribution in [1.29, 1.82) is 5.26 Å². The Morgan fingerprint density at radius 2 is 2.15 bits per heavy atom. The third-order valence-electron chi connectivity index (χ3n) is 4.37. The molecular formula is C17H18FN5O3S. The van der Waals surface area contributed by atoms with E-state index >= 15 is 0 Å². The number of benzene rings is 1. The van der Waals surface area contributed by atoms with Crippen molar-refractivity contribution in [3.05, 3.63) is 41.3 Å². The van der Waals surface area contributed by atoms with E-state index in [-0.39, 0.29) is 0 Å². The molecule has 27 heavy (non-hydrogen) atoms. The fourth-order valence-electron chi connectivity index (χ4n) is 3.15. The van der Waals surface area contributed by atoms with Crippen molar-refractivity contribution in [3.63, 3.8) is 0 Å². The molecule has 0 radical (unpaired) electrons. The van der Waals surface area contributed by atoms with E-state index in [1.54, 1.807) is 30.8 Å². The highest BCUT2D eigenvalue weighted by molar-refractivity contribution is 7.89. The minimum atomic E-state index is -4.25. The van der Waals surface area contributed by atoms with Crippen LogP contribution in [0.25, 0.3) is 0 Å². The maximum Gasteiger partial charge on any atom is 0.246 e. The van der Waals surface area contributed by atoms with Gasteiger partial charge in [0, 0.05) is 19.7 Å². The Morgan fingerprint density at radius 1 is 1.41 bits per heavy atom. The van der Waals surface area contributed by atoms with Crippen LogP contribution >= 0.6 is 0 Å². The largest absolute Gasteiger partial charge is 0.296 e. The minimum absolute atomic E-state index is 0.308. The van der Waals surface area contributed by atoms with Gasteiger partial charge >= 0.3 is 0 Å². The van der Waals surface area contributed by atoms with Gasteiger partial charge in [0.05, 0.1) is 5.69 Å². The van der Waals surface area contributed by atoms with Gasteiger partial charge < -0.3 is 0 Å². The molecule has 10 heteroatoms. The van der Waals surface area contributed by atoms with Gasteiger partial charge in [0.2, 0.25) is 15.9 Å². The zero-order chi connectivity index (χ0) is 19.8. The van der Waals surface area contributed by atoms with Gasteiger partial charge in [-0.3, -0.25) is 14.4 Å². The molecule has 1 atom stereocenters. The maximum atomic E-state index is 13.8. The first-order valence-electron chi connectivity index (χ1n) is 8.27. The van der Waals surface area contributed by atoms with Gasteiger partial charge in [0.1, 0.15) is 34.2 Å². The number of piperidine rings is 1. The zero-order valence-electron chi connectivity index (χ0n) is 14.8. The quantitative estimate of drug-likeness (QED) is 0.843. The smallest absolute Gasteiger partial charge is 0.246 e. The Kier molecular flexibility index (Phi) is 4.99.